The highest BCUT2D eigenvalue weighted by Gasteiger charge is 2.35. The Hall–Kier alpha value is -2.33. The first kappa shape index (κ1) is 12.7. The van der Waals surface area contributed by atoms with Crippen LogP contribution in [0.4, 0.5) is 13.2 Å². The van der Waals surface area contributed by atoms with Crippen molar-refractivity contribution < 1.29 is 13.2 Å². The van der Waals surface area contributed by atoms with Gasteiger partial charge in [0.25, 0.3) is 0 Å². The van der Waals surface area contributed by atoms with Gasteiger partial charge >= 0.3 is 6.18 Å². The van der Waals surface area contributed by atoms with Crippen LogP contribution in [0.3, 0.4) is 0 Å². The lowest BCUT2D eigenvalue weighted by Crippen LogP contribution is -2.03. The van der Waals surface area contributed by atoms with Crippen LogP contribution in [0.15, 0.2) is 23.8 Å². The topological polar surface area (TPSA) is 41.6 Å². The van der Waals surface area contributed by atoms with Crippen LogP contribution < -0.4 is 0 Å². The van der Waals surface area contributed by atoms with Crippen LogP contribution in [0, 0.1) is 12.3 Å². The highest BCUT2D eigenvalue weighted by atomic mass is 32.1. The molecule has 3 aromatic heterocycles. The lowest BCUT2D eigenvalue weighted by Gasteiger charge is -2.06. The van der Waals surface area contributed by atoms with E-state index in [2.05, 4.69) is 20.9 Å². The normalized spacial score (nSPS) is 11.7. The number of H-pyrrole nitrogens is 1. The van der Waals surface area contributed by atoms with Crippen molar-refractivity contribution in [2.75, 3.05) is 0 Å². The van der Waals surface area contributed by atoms with E-state index >= 15 is 0 Å². The predicted molar refractivity (Wildman–Crippen MR) is 70.1 cm³/mol. The van der Waals surface area contributed by atoms with E-state index in [9.17, 15) is 13.2 Å². The van der Waals surface area contributed by atoms with Crippen LogP contribution >= 0.6 is 11.3 Å². The number of nitrogens with zero attached hydrogens (tertiary/aromatic N) is 2. The smallest absolute Gasteiger partial charge is 0.344 e. The number of terminal acetylenes is 1. The second kappa shape index (κ2) is 4.35. The second-order valence-electron chi connectivity index (χ2n) is 3.96. The summed E-state index contributed by atoms with van der Waals surface area (Å²) in [6.45, 7) is 0. The van der Waals surface area contributed by atoms with Crippen molar-refractivity contribution in [2.45, 2.75) is 6.18 Å². The highest BCUT2D eigenvalue weighted by molar-refractivity contribution is 7.10. The van der Waals surface area contributed by atoms with Gasteiger partial charge in [0.15, 0.2) is 5.65 Å². The molecule has 20 heavy (non-hydrogen) atoms. The molecule has 0 bridgehead atoms. The van der Waals surface area contributed by atoms with Crippen molar-refractivity contribution in [3.8, 4) is 23.5 Å². The number of hydrogen-bond acceptors (Lipinski definition) is 3. The Kier molecular flexibility index (Phi) is 2.76. The first-order valence-corrected chi connectivity index (χ1v) is 6.34. The van der Waals surface area contributed by atoms with E-state index in [-0.39, 0.29) is 11.3 Å². The number of alkyl halides is 3. The minimum absolute atomic E-state index is 0.0808. The summed E-state index contributed by atoms with van der Waals surface area (Å²) in [4.78, 5) is 10.3. The van der Waals surface area contributed by atoms with Crippen LogP contribution in [0.1, 0.15) is 10.6 Å². The fourth-order valence-corrected chi connectivity index (χ4v) is 2.69. The summed E-state index contributed by atoms with van der Waals surface area (Å²) < 4.78 is 38.9. The van der Waals surface area contributed by atoms with Gasteiger partial charge < -0.3 is 4.98 Å². The first-order valence-electron chi connectivity index (χ1n) is 5.46. The Morgan fingerprint density at radius 3 is 2.80 bits per heavy atom. The van der Waals surface area contributed by atoms with Gasteiger partial charge in [-0.3, -0.25) is 0 Å². The quantitative estimate of drug-likeness (QED) is 0.695. The molecule has 0 aromatic carbocycles. The number of thiophene rings is 1. The van der Waals surface area contributed by atoms with Crippen LogP contribution in [-0.4, -0.2) is 15.0 Å². The zero-order valence-corrected chi connectivity index (χ0v) is 10.6. The van der Waals surface area contributed by atoms with E-state index in [0.717, 1.165) is 0 Å². The maximum Gasteiger partial charge on any atom is 0.426 e. The monoisotopic (exact) mass is 293 g/mol. The molecule has 0 aliphatic heterocycles. The van der Waals surface area contributed by atoms with E-state index in [4.69, 9.17) is 6.42 Å². The van der Waals surface area contributed by atoms with Crippen LogP contribution in [0.5, 0.6) is 0 Å². The third kappa shape index (κ3) is 1.94. The fourth-order valence-electron chi connectivity index (χ4n) is 1.91. The van der Waals surface area contributed by atoms with E-state index in [1.165, 1.54) is 23.8 Å². The van der Waals surface area contributed by atoms with E-state index in [0.29, 0.717) is 28.1 Å². The zero-order chi connectivity index (χ0) is 14.3. The third-order valence-corrected chi connectivity index (χ3v) is 3.70. The van der Waals surface area contributed by atoms with Gasteiger partial charge in [-0.1, -0.05) is 0 Å². The third-order valence-electron chi connectivity index (χ3n) is 2.74. The van der Waals surface area contributed by atoms with Crippen LogP contribution in [0.2, 0.25) is 0 Å². The van der Waals surface area contributed by atoms with E-state index in [1.54, 1.807) is 0 Å². The lowest BCUT2D eigenvalue weighted by atomic mass is 10.1. The Morgan fingerprint density at radius 2 is 2.10 bits per heavy atom. The van der Waals surface area contributed by atoms with Gasteiger partial charge in [-0.25, -0.2) is 9.97 Å². The molecule has 0 saturated carbocycles. The molecule has 0 unspecified atom stereocenters. The van der Waals surface area contributed by atoms with E-state index in [1.807, 2.05) is 0 Å². The van der Waals surface area contributed by atoms with Gasteiger partial charge in [-0.05, 0) is 17.4 Å². The van der Waals surface area contributed by atoms with Crippen LogP contribution in [-0.2, 0) is 6.18 Å². The molecule has 3 heterocycles. The Labute approximate surface area is 115 Å². The highest BCUT2D eigenvalue weighted by Crippen LogP contribution is 2.42. The van der Waals surface area contributed by atoms with Crippen molar-refractivity contribution in [2.24, 2.45) is 0 Å². The summed E-state index contributed by atoms with van der Waals surface area (Å²) in [5, 5.41) is 1.40. The largest absolute Gasteiger partial charge is 0.426 e. The summed E-state index contributed by atoms with van der Waals surface area (Å²) in [7, 11) is 0. The number of aromatic nitrogens is 3. The maximum absolute atomic E-state index is 13.0. The average Bonchev–Trinajstić information content (AvgIpc) is 3.02. The number of hydrogen-bond donors (Lipinski definition) is 1. The number of aromatic amines is 1. The molecule has 3 aromatic rings. The zero-order valence-electron chi connectivity index (χ0n) is 9.82. The summed E-state index contributed by atoms with van der Waals surface area (Å²) in [5.74, 6) is 2.32. The molecule has 0 aliphatic carbocycles. The van der Waals surface area contributed by atoms with Gasteiger partial charge in [0.05, 0.1) is 6.20 Å². The minimum atomic E-state index is -4.40. The molecule has 3 nitrogen and oxygen atoms in total. The molecule has 0 atom stereocenters. The van der Waals surface area contributed by atoms with E-state index < -0.39 is 11.1 Å². The van der Waals surface area contributed by atoms with Crippen LogP contribution in [0.25, 0.3) is 22.3 Å². The molecule has 0 fully saturated rings. The molecule has 3 rings (SSSR count). The molecule has 0 aliphatic rings. The average molecular weight is 293 g/mol. The van der Waals surface area contributed by atoms with Gasteiger partial charge in [-0.2, -0.15) is 13.2 Å². The predicted octanol–water partition coefficient (Wildman–Crippen LogP) is 3.69. The Balaban J connectivity index is 2.26. The first-order chi connectivity index (χ1) is 9.50. The molecular formula is C13H6F3N3S. The van der Waals surface area contributed by atoms with Gasteiger partial charge in [0, 0.05) is 17.3 Å². The molecule has 0 spiro atoms. The maximum atomic E-state index is 13.0. The van der Waals surface area contributed by atoms with Crippen molar-refractivity contribution in [1.82, 2.24) is 15.0 Å². The van der Waals surface area contributed by atoms with Gasteiger partial charge in [0.1, 0.15) is 16.1 Å². The summed E-state index contributed by atoms with van der Waals surface area (Å²) in [6.07, 6.45) is 3.69. The van der Waals surface area contributed by atoms with Crippen molar-refractivity contribution >= 4 is 22.5 Å². The molecule has 1 N–H and O–H groups in total. The van der Waals surface area contributed by atoms with Gasteiger partial charge in [0.2, 0.25) is 0 Å². The minimum Gasteiger partial charge on any atom is -0.344 e. The molecule has 100 valence electrons. The molecule has 0 amide bonds. The summed E-state index contributed by atoms with van der Waals surface area (Å²) in [6, 6.07) is 1.42. The van der Waals surface area contributed by atoms with Gasteiger partial charge in [-0.15, -0.1) is 17.8 Å². The molecule has 7 heteroatoms. The lowest BCUT2D eigenvalue weighted by molar-refractivity contribution is -0.133. The molecule has 0 radical (unpaired) electrons. The fraction of sp³-hybridized carbons (Fsp3) is 0.0769. The number of rotatable bonds is 1. The SMILES string of the molecule is C#Cc1cnc2[nH]cc(-c3ccsc3C(F)(F)F)c2n1. The number of nitrogens with one attached hydrogen (secondary N) is 1. The number of fused-ring (bicyclic) bond motifs is 1. The van der Waals surface area contributed by atoms with Crippen molar-refractivity contribution in [3.05, 3.63) is 34.4 Å². The van der Waals surface area contributed by atoms with Crippen molar-refractivity contribution in [1.29, 1.82) is 0 Å². The van der Waals surface area contributed by atoms with Crippen molar-refractivity contribution in [3.63, 3.8) is 0 Å². The molecular weight excluding hydrogens is 287 g/mol. The Bertz CT molecular complexity index is 823. The number of halogens is 3. The summed E-state index contributed by atoms with van der Waals surface area (Å²) >= 11 is 0.646. The molecule has 0 saturated heterocycles. The standard InChI is InChI=1S/C13H6F3N3S/c1-2-7-5-17-12-10(19-7)9(6-18-12)8-3-4-20-11(8)13(14,15)16/h1,3-6H,(H,17,18). The second-order valence-corrected chi connectivity index (χ2v) is 4.88. The Morgan fingerprint density at radius 1 is 1.30 bits per heavy atom. The summed E-state index contributed by atoms with van der Waals surface area (Å²) in [5.41, 5.74) is 1.44.